The van der Waals surface area contributed by atoms with E-state index in [0.29, 0.717) is 54.6 Å². The van der Waals surface area contributed by atoms with E-state index in [1.807, 2.05) is 39.8 Å². The Kier molecular flexibility index (Phi) is 19.3. The zero-order valence-corrected chi connectivity index (χ0v) is 41.7. The fourth-order valence-electron chi connectivity index (χ4n) is 6.22. The van der Waals surface area contributed by atoms with Crippen molar-refractivity contribution >= 4 is 126 Å². The minimum atomic E-state index is -1.18. The lowest BCUT2D eigenvalue weighted by atomic mass is 10.1. The number of anilines is 2. The van der Waals surface area contributed by atoms with E-state index >= 15 is 0 Å². The molecule has 0 saturated carbocycles. The number of nitrogens with zero attached hydrogens (tertiary/aromatic N) is 13. The summed E-state index contributed by atoms with van der Waals surface area (Å²) in [5, 5.41) is 5.25. The SMILES string of the molecule is C.CC(=O)C(C(=O)Nc1cc(C)ccc1Cl)n1cnc2c(C)ncnc21.CC(=O)C(Cl)C(=O)Nc1cc(C)ccc1Cl.Cc1ncnc2nc[nH]c12.Cc1ncnc2nc[nH]c12.Clc1ncnc2nc[nH]c12. The number of amides is 2. The average molecular weight is 1060 g/mol. The van der Waals surface area contributed by atoms with Crippen LogP contribution in [0, 0.1) is 34.6 Å². The van der Waals surface area contributed by atoms with E-state index in [-0.39, 0.29) is 13.2 Å². The van der Waals surface area contributed by atoms with Crippen LogP contribution in [0.1, 0.15) is 55.5 Å². The molecule has 10 rings (SSSR count). The summed E-state index contributed by atoms with van der Waals surface area (Å²) in [4.78, 5) is 104. The minimum absolute atomic E-state index is 0. The second kappa shape index (κ2) is 25.3. The van der Waals surface area contributed by atoms with E-state index in [0.717, 1.165) is 44.8 Å². The van der Waals surface area contributed by atoms with Crippen molar-refractivity contribution in [2.24, 2.45) is 0 Å². The van der Waals surface area contributed by atoms with Crippen LogP contribution in [0.2, 0.25) is 15.2 Å². The number of benzene rings is 2. The van der Waals surface area contributed by atoms with E-state index in [4.69, 9.17) is 46.4 Å². The standard InChI is InChI=1S/C17H16ClN5O2.C11H11Cl2NO2.2C6H6N4.C5H3ClN4.CH4/c1-9-4-5-12(18)13(6-9)22-17(25)15(11(3)24)23-8-21-14-10(2)19-7-20-16(14)23;1-6-3-4-8(12)9(5-6)14-11(16)10(13)7(2)15;2*1-4-5-6(9-2-7-4)10-3-8-5;6-4-3-5(9-1-7-3)10-2-8-4;/h4-8,15H,1-3H3,(H,22,25);3-5,10H,1-2H3,(H,14,16);2*2-3H,1H3,(H,7,8,9,10);1-2H,(H,7,8,9,10);1H4. The van der Waals surface area contributed by atoms with Crippen molar-refractivity contribution in [1.82, 2.24) is 79.3 Å². The monoisotopic (exact) mass is 1050 g/mol. The third-order valence-corrected chi connectivity index (χ3v) is 11.3. The van der Waals surface area contributed by atoms with Gasteiger partial charge in [0.1, 0.15) is 47.4 Å². The average Bonchev–Trinajstić information content (AvgIpc) is 4.19. The molecular formula is C46H46Cl4N18O4. The van der Waals surface area contributed by atoms with Gasteiger partial charge in [0.15, 0.2) is 50.7 Å². The molecule has 0 spiro atoms. The number of carbonyl (C=O) groups is 4. The fraction of sp³-hybridized carbons (Fsp3) is 0.217. The van der Waals surface area contributed by atoms with Crippen molar-refractivity contribution in [3.8, 4) is 0 Å². The summed E-state index contributed by atoms with van der Waals surface area (Å²) in [5.41, 5.74) is 10.9. The lowest BCUT2D eigenvalue weighted by Gasteiger charge is -2.17. The first-order valence-electron chi connectivity index (χ1n) is 20.9. The van der Waals surface area contributed by atoms with Crippen LogP contribution in [0.5, 0.6) is 0 Å². The number of aryl methyl sites for hydroxylation is 5. The maximum Gasteiger partial charge on any atom is 0.255 e. The zero-order valence-electron chi connectivity index (χ0n) is 38.7. The van der Waals surface area contributed by atoms with Gasteiger partial charge in [-0.25, -0.2) is 59.8 Å². The quantitative estimate of drug-likeness (QED) is 0.0567. The van der Waals surface area contributed by atoms with Crippen LogP contribution < -0.4 is 10.6 Å². The maximum absolute atomic E-state index is 12.8. The minimum Gasteiger partial charge on any atom is -0.342 e. The van der Waals surface area contributed by atoms with Crippen LogP contribution in [-0.4, -0.2) is 108 Å². The molecule has 22 nitrogen and oxygen atoms in total. The predicted octanol–water partition coefficient (Wildman–Crippen LogP) is 8.61. The summed E-state index contributed by atoms with van der Waals surface area (Å²) in [5.74, 6) is -1.81. The highest BCUT2D eigenvalue weighted by molar-refractivity contribution is 6.43. The van der Waals surface area contributed by atoms with Gasteiger partial charge in [0, 0.05) is 0 Å². The van der Waals surface area contributed by atoms with Gasteiger partial charge in [-0.2, -0.15) is 0 Å². The summed E-state index contributed by atoms with van der Waals surface area (Å²) < 4.78 is 1.45. The molecule has 10 aromatic rings. The van der Waals surface area contributed by atoms with E-state index in [1.165, 1.54) is 56.4 Å². The molecule has 0 aliphatic carbocycles. The summed E-state index contributed by atoms with van der Waals surface area (Å²) in [6.07, 6.45) is 12.0. The molecular weight excluding hydrogens is 1010 g/mol. The molecule has 0 radical (unpaired) electrons. The van der Waals surface area contributed by atoms with Crippen molar-refractivity contribution in [2.45, 2.75) is 67.3 Å². The summed E-state index contributed by atoms with van der Waals surface area (Å²) in [7, 11) is 0. The number of hydrogen-bond donors (Lipinski definition) is 5. The maximum atomic E-state index is 12.8. The number of ketones is 2. The summed E-state index contributed by atoms with van der Waals surface area (Å²) >= 11 is 23.3. The number of H-pyrrole nitrogens is 3. The van der Waals surface area contributed by atoms with Crippen molar-refractivity contribution < 1.29 is 19.2 Å². The van der Waals surface area contributed by atoms with Crippen LogP contribution >= 0.6 is 46.4 Å². The Morgan fingerprint density at radius 3 is 1.46 bits per heavy atom. The molecule has 5 N–H and O–H groups in total. The number of nitrogens with one attached hydrogen (secondary N) is 5. The number of aromatic nitrogens is 16. The number of alkyl halides is 1. The van der Waals surface area contributed by atoms with Crippen LogP contribution in [0.4, 0.5) is 11.4 Å². The fourth-order valence-corrected chi connectivity index (χ4v) is 6.79. The van der Waals surface area contributed by atoms with Crippen molar-refractivity contribution in [3.63, 3.8) is 0 Å². The Balaban J connectivity index is 0.000000176. The van der Waals surface area contributed by atoms with Gasteiger partial charge in [-0.3, -0.25) is 23.7 Å². The molecule has 8 heterocycles. The molecule has 2 atom stereocenters. The van der Waals surface area contributed by atoms with Gasteiger partial charge in [-0.15, -0.1) is 11.6 Å². The first-order chi connectivity index (χ1) is 33.9. The molecule has 8 aromatic heterocycles. The number of aromatic amines is 3. The van der Waals surface area contributed by atoms with Gasteiger partial charge in [0.2, 0.25) is 5.91 Å². The van der Waals surface area contributed by atoms with E-state index in [9.17, 15) is 19.2 Å². The highest BCUT2D eigenvalue weighted by Gasteiger charge is 2.28. The van der Waals surface area contributed by atoms with Gasteiger partial charge in [-0.05, 0) is 83.9 Å². The van der Waals surface area contributed by atoms with E-state index in [1.54, 1.807) is 43.8 Å². The van der Waals surface area contributed by atoms with Crippen LogP contribution in [0.3, 0.4) is 0 Å². The Hall–Kier alpha value is -7.92. The molecule has 2 aromatic carbocycles. The highest BCUT2D eigenvalue weighted by Crippen LogP contribution is 2.26. The van der Waals surface area contributed by atoms with Crippen molar-refractivity contribution in [2.75, 3.05) is 10.6 Å². The third kappa shape index (κ3) is 13.9. The molecule has 26 heteroatoms. The Morgan fingerprint density at radius 1 is 0.542 bits per heavy atom. The number of halogens is 4. The molecule has 0 aliphatic heterocycles. The number of Topliss-reactive ketones (excluding diaryl/α,β-unsaturated/α-hetero) is 2. The molecule has 72 heavy (non-hydrogen) atoms. The lowest BCUT2D eigenvalue weighted by Crippen LogP contribution is -2.31. The molecule has 2 amide bonds. The smallest absolute Gasteiger partial charge is 0.255 e. The first-order valence-corrected chi connectivity index (χ1v) is 22.4. The lowest BCUT2D eigenvalue weighted by molar-refractivity contribution is -0.129. The Bertz CT molecular complexity index is 3330. The highest BCUT2D eigenvalue weighted by atomic mass is 35.5. The largest absolute Gasteiger partial charge is 0.342 e. The van der Waals surface area contributed by atoms with E-state index < -0.39 is 29.0 Å². The Labute approximate surface area is 430 Å². The number of fused-ring (bicyclic) bond motifs is 4. The second-order valence-electron chi connectivity index (χ2n) is 15.1. The molecule has 0 bridgehead atoms. The van der Waals surface area contributed by atoms with Gasteiger partial charge in [0.05, 0.1) is 63.8 Å². The van der Waals surface area contributed by atoms with Crippen LogP contribution in [-0.2, 0) is 19.2 Å². The van der Waals surface area contributed by atoms with Gasteiger partial charge in [0.25, 0.3) is 5.91 Å². The summed E-state index contributed by atoms with van der Waals surface area (Å²) in [6.45, 7) is 12.0. The number of hydrogen-bond acceptors (Lipinski definition) is 16. The summed E-state index contributed by atoms with van der Waals surface area (Å²) in [6, 6.07) is 9.38. The number of imidazole rings is 4. The predicted molar refractivity (Wildman–Crippen MR) is 276 cm³/mol. The Morgan fingerprint density at radius 2 is 0.986 bits per heavy atom. The third-order valence-electron chi connectivity index (χ3n) is 9.80. The number of carbonyl (C=O) groups excluding carboxylic acids is 4. The molecule has 0 saturated heterocycles. The number of rotatable bonds is 7. The van der Waals surface area contributed by atoms with E-state index in [2.05, 4.69) is 85.4 Å². The van der Waals surface area contributed by atoms with Gasteiger partial charge >= 0.3 is 0 Å². The van der Waals surface area contributed by atoms with Crippen molar-refractivity contribution in [1.29, 1.82) is 0 Å². The topological polar surface area (TPSA) is 299 Å². The normalized spacial score (nSPS) is 11.3. The zero-order chi connectivity index (χ0) is 51.4. The van der Waals surface area contributed by atoms with Crippen LogP contribution in [0.25, 0.3) is 44.7 Å². The van der Waals surface area contributed by atoms with Crippen molar-refractivity contribution in [3.05, 3.63) is 130 Å². The molecule has 372 valence electrons. The molecule has 0 aliphatic rings. The second-order valence-corrected chi connectivity index (χ2v) is 16.7. The van der Waals surface area contributed by atoms with Crippen LogP contribution in [0.15, 0.2) is 87.0 Å². The first kappa shape index (κ1) is 55.0. The molecule has 0 fully saturated rings. The molecule has 2 unspecified atom stereocenters. The van der Waals surface area contributed by atoms with Gasteiger partial charge in [-0.1, -0.05) is 54.4 Å². The van der Waals surface area contributed by atoms with Gasteiger partial charge < -0.3 is 25.6 Å².